The highest BCUT2D eigenvalue weighted by Crippen LogP contribution is 2.38. The summed E-state index contributed by atoms with van der Waals surface area (Å²) in [6.45, 7) is 5.36. The molecular formula is C17H23NO2S. The van der Waals surface area contributed by atoms with Gasteiger partial charge in [-0.2, -0.15) is 11.8 Å². The molecule has 2 atom stereocenters. The molecule has 0 spiro atoms. The summed E-state index contributed by atoms with van der Waals surface area (Å²) in [5.74, 6) is 1.54. The van der Waals surface area contributed by atoms with Crippen LogP contribution in [0.3, 0.4) is 0 Å². The molecule has 0 amide bonds. The van der Waals surface area contributed by atoms with E-state index in [9.17, 15) is 9.90 Å². The van der Waals surface area contributed by atoms with Crippen molar-refractivity contribution in [2.24, 2.45) is 5.41 Å². The fourth-order valence-electron chi connectivity index (χ4n) is 3.60. The van der Waals surface area contributed by atoms with Gasteiger partial charge in [-0.25, -0.2) is 0 Å². The SMILES string of the molecule is CC1(C)CSCC(N2Cc3ccccc3CC2C(=O)O)C1. The molecule has 114 valence electrons. The maximum atomic E-state index is 11.7. The summed E-state index contributed by atoms with van der Waals surface area (Å²) in [6.07, 6.45) is 1.72. The molecule has 2 aliphatic heterocycles. The van der Waals surface area contributed by atoms with E-state index in [0.717, 1.165) is 18.7 Å². The van der Waals surface area contributed by atoms with Crippen LogP contribution < -0.4 is 0 Å². The number of aliphatic carboxylic acids is 1. The van der Waals surface area contributed by atoms with Crippen molar-refractivity contribution in [1.82, 2.24) is 4.90 Å². The average Bonchev–Trinajstić information content (AvgIpc) is 2.44. The molecule has 3 nitrogen and oxygen atoms in total. The van der Waals surface area contributed by atoms with Crippen LogP contribution >= 0.6 is 11.8 Å². The molecule has 2 unspecified atom stereocenters. The fourth-order valence-corrected chi connectivity index (χ4v) is 4.97. The van der Waals surface area contributed by atoms with Gasteiger partial charge in [-0.3, -0.25) is 9.69 Å². The van der Waals surface area contributed by atoms with E-state index in [-0.39, 0.29) is 6.04 Å². The lowest BCUT2D eigenvalue weighted by Gasteiger charge is -2.45. The number of thioether (sulfide) groups is 1. The van der Waals surface area contributed by atoms with Crippen molar-refractivity contribution in [2.45, 2.75) is 45.3 Å². The van der Waals surface area contributed by atoms with Crippen LogP contribution in [0.15, 0.2) is 24.3 Å². The summed E-state index contributed by atoms with van der Waals surface area (Å²) in [5.41, 5.74) is 2.79. The van der Waals surface area contributed by atoms with Crippen molar-refractivity contribution in [3.8, 4) is 0 Å². The Morgan fingerprint density at radius 1 is 1.33 bits per heavy atom. The number of rotatable bonds is 2. The Hall–Kier alpha value is -1.00. The number of nitrogens with zero attached hydrogens (tertiary/aromatic N) is 1. The number of carbonyl (C=O) groups is 1. The molecule has 1 saturated heterocycles. The highest BCUT2D eigenvalue weighted by molar-refractivity contribution is 7.99. The quantitative estimate of drug-likeness (QED) is 0.912. The molecular weight excluding hydrogens is 282 g/mol. The predicted octanol–water partition coefficient (Wildman–Crippen LogP) is 3.03. The molecule has 0 radical (unpaired) electrons. The molecule has 0 aliphatic carbocycles. The Morgan fingerprint density at radius 3 is 2.71 bits per heavy atom. The van der Waals surface area contributed by atoms with Crippen molar-refractivity contribution in [1.29, 1.82) is 0 Å². The molecule has 1 fully saturated rings. The Labute approximate surface area is 130 Å². The second kappa shape index (κ2) is 5.65. The Kier molecular flexibility index (Phi) is 4.02. The molecule has 1 N–H and O–H groups in total. The summed E-state index contributed by atoms with van der Waals surface area (Å²) >= 11 is 1.96. The van der Waals surface area contributed by atoms with Crippen LogP contribution in [0.5, 0.6) is 0 Å². The molecule has 1 aromatic carbocycles. The van der Waals surface area contributed by atoms with Crippen LogP contribution in [-0.4, -0.2) is 39.6 Å². The number of carboxylic acid groups (broad SMARTS) is 1. The molecule has 21 heavy (non-hydrogen) atoms. The summed E-state index contributed by atoms with van der Waals surface area (Å²) in [4.78, 5) is 14.0. The van der Waals surface area contributed by atoms with Crippen molar-refractivity contribution in [3.05, 3.63) is 35.4 Å². The number of hydrogen-bond acceptors (Lipinski definition) is 3. The largest absolute Gasteiger partial charge is 0.480 e. The molecule has 0 saturated carbocycles. The van der Waals surface area contributed by atoms with E-state index in [1.165, 1.54) is 16.9 Å². The first-order valence-electron chi connectivity index (χ1n) is 7.59. The van der Waals surface area contributed by atoms with E-state index in [2.05, 4.69) is 36.9 Å². The highest BCUT2D eigenvalue weighted by atomic mass is 32.2. The first kappa shape index (κ1) is 14.9. The van der Waals surface area contributed by atoms with Crippen LogP contribution in [0, 0.1) is 5.41 Å². The van der Waals surface area contributed by atoms with Gasteiger partial charge in [0.1, 0.15) is 6.04 Å². The van der Waals surface area contributed by atoms with Crippen molar-refractivity contribution in [3.63, 3.8) is 0 Å². The van der Waals surface area contributed by atoms with Gasteiger partial charge >= 0.3 is 5.97 Å². The Balaban J connectivity index is 1.87. The fraction of sp³-hybridized carbons (Fsp3) is 0.588. The lowest BCUT2D eigenvalue weighted by molar-refractivity contribution is -0.145. The van der Waals surface area contributed by atoms with Gasteiger partial charge in [-0.05, 0) is 35.1 Å². The van der Waals surface area contributed by atoms with Gasteiger partial charge in [0.25, 0.3) is 0 Å². The molecule has 0 aromatic heterocycles. The molecule has 1 aromatic rings. The Bertz CT molecular complexity index is 543. The lowest BCUT2D eigenvalue weighted by atomic mass is 9.85. The molecule has 4 heteroatoms. The smallest absolute Gasteiger partial charge is 0.321 e. The second-order valence-corrected chi connectivity index (χ2v) is 8.07. The summed E-state index contributed by atoms with van der Waals surface area (Å²) in [7, 11) is 0. The topological polar surface area (TPSA) is 40.5 Å². The third kappa shape index (κ3) is 3.11. The minimum absolute atomic E-state index is 0.299. The second-order valence-electron chi connectivity index (χ2n) is 7.04. The summed E-state index contributed by atoms with van der Waals surface area (Å²) in [5, 5.41) is 9.65. The minimum atomic E-state index is -0.683. The van der Waals surface area contributed by atoms with Gasteiger partial charge in [0.05, 0.1) is 0 Å². The van der Waals surface area contributed by atoms with Crippen molar-refractivity contribution in [2.75, 3.05) is 11.5 Å². The zero-order valence-corrected chi connectivity index (χ0v) is 13.5. The van der Waals surface area contributed by atoms with Gasteiger partial charge in [0.15, 0.2) is 0 Å². The first-order chi connectivity index (χ1) is 9.96. The zero-order valence-electron chi connectivity index (χ0n) is 12.7. The maximum absolute atomic E-state index is 11.7. The summed E-state index contributed by atoms with van der Waals surface area (Å²) < 4.78 is 0. The number of fused-ring (bicyclic) bond motifs is 1. The zero-order chi connectivity index (χ0) is 15.0. The van der Waals surface area contributed by atoms with E-state index in [1.54, 1.807) is 0 Å². The standard InChI is InChI=1S/C17H23NO2S/c1-17(2)8-14(10-21-11-17)18-9-13-6-4-3-5-12(13)7-15(18)16(19)20/h3-6,14-15H,7-11H2,1-2H3,(H,19,20). The molecule has 2 heterocycles. The van der Waals surface area contributed by atoms with Crippen LogP contribution in [0.4, 0.5) is 0 Å². The minimum Gasteiger partial charge on any atom is -0.480 e. The maximum Gasteiger partial charge on any atom is 0.321 e. The van der Waals surface area contributed by atoms with Crippen LogP contribution in [-0.2, 0) is 17.8 Å². The van der Waals surface area contributed by atoms with Gasteiger partial charge in [-0.1, -0.05) is 38.1 Å². The van der Waals surface area contributed by atoms with E-state index in [0.29, 0.717) is 17.9 Å². The average molecular weight is 305 g/mol. The van der Waals surface area contributed by atoms with E-state index in [1.807, 2.05) is 17.8 Å². The van der Waals surface area contributed by atoms with Gasteiger partial charge in [0, 0.05) is 18.3 Å². The predicted molar refractivity (Wildman–Crippen MR) is 86.6 cm³/mol. The van der Waals surface area contributed by atoms with Crippen molar-refractivity contribution < 1.29 is 9.90 Å². The lowest BCUT2D eigenvalue weighted by Crippen LogP contribution is -2.53. The van der Waals surface area contributed by atoms with E-state index in [4.69, 9.17) is 0 Å². The van der Waals surface area contributed by atoms with Gasteiger partial charge < -0.3 is 5.11 Å². The van der Waals surface area contributed by atoms with E-state index >= 15 is 0 Å². The van der Waals surface area contributed by atoms with Crippen LogP contribution in [0.2, 0.25) is 0 Å². The van der Waals surface area contributed by atoms with Crippen LogP contribution in [0.1, 0.15) is 31.4 Å². The number of carboxylic acids is 1. The highest BCUT2D eigenvalue weighted by Gasteiger charge is 2.39. The van der Waals surface area contributed by atoms with Crippen molar-refractivity contribution >= 4 is 17.7 Å². The van der Waals surface area contributed by atoms with Gasteiger partial charge in [0.2, 0.25) is 0 Å². The third-order valence-corrected chi connectivity index (χ3v) is 6.24. The van der Waals surface area contributed by atoms with E-state index < -0.39 is 5.97 Å². The van der Waals surface area contributed by atoms with Crippen LogP contribution in [0.25, 0.3) is 0 Å². The number of benzene rings is 1. The molecule has 3 rings (SSSR count). The first-order valence-corrected chi connectivity index (χ1v) is 8.75. The number of hydrogen-bond donors (Lipinski definition) is 1. The molecule has 2 aliphatic rings. The normalized spacial score (nSPS) is 28.9. The summed E-state index contributed by atoms with van der Waals surface area (Å²) in [6, 6.07) is 8.27. The third-order valence-electron chi connectivity index (χ3n) is 4.63. The monoisotopic (exact) mass is 305 g/mol. The molecule has 0 bridgehead atoms. The Morgan fingerprint density at radius 2 is 2.05 bits per heavy atom. The van der Waals surface area contributed by atoms with Gasteiger partial charge in [-0.15, -0.1) is 0 Å².